The van der Waals surface area contributed by atoms with Crippen molar-refractivity contribution in [1.29, 1.82) is 10.8 Å². The van der Waals surface area contributed by atoms with Gasteiger partial charge in [-0.2, -0.15) is 27.0 Å². The fraction of sp³-hybridized carbons (Fsp3) is 0.476. The second-order valence-electron chi connectivity index (χ2n) is 14.3. The molecule has 2 saturated heterocycles. The molecule has 10 nitrogen and oxygen atoms in total. The third-order valence-corrected chi connectivity index (χ3v) is 10.1. The lowest BCUT2D eigenvalue weighted by Gasteiger charge is -2.25. The van der Waals surface area contributed by atoms with E-state index in [-0.39, 0.29) is 64.0 Å². The molecule has 0 aromatic heterocycles. The first kappa shape index (κ1) is 44.2. The van der Waals surface area contributed by atoms with E-state index in [4.69, 9.17) is 10.8 Å². The van der Waals surface area contributed by atoms with Crippen LogP contribution in [0.2, 0.25) is 0 Å². The normalized spacial score (nSPS) is 16.6. The first-order chi connectivity index (χ1) is 25.3. The van der Waals surface area contributed by atoms with Gasteiger partial charge in [-0.25, -0.2) is 0 Å². The van der Waals surface area contributed by atoms with E-state index in [1.165, 1.54) is 36.8 Å². The summed E-state index contributed by atoms with van der Waals surface area (Å²) in [5.41, 5.74) is 3.64. The molecule has 0 bridgehead atoms. The quantitative estimate of drug-likeness (QED) is 0.0898. The Kier molecular flexibility index (Phi) is 18.8. The summed E-state index contributed by atoms with van der Waals surface area (Å²) in [6.45, 7) is 7.46. The monoisotopic (exact) mass is 774 g/mol. The number of benzene rings is 3. The lowest BCUT2D eigenvalue weighted by atomic mass is 10.1. The van der Waals surface area contributed by atoms with E-state index in [0.29, 0.717) is 36.4 Å². The highest BCUT2D eigenvalue weighted by Crippen LogP contribution is 2.23. The number of unbranched alkanes of at least 4 members (excludes halogenated alkanes) is 6. The number of nitrogens with zero attached hydrogens (tertiary/aromatic N) is 4. The van der Waals surface area contributed by atoms with Crippen LogP contribution in [-0.2, 0) is 22.4 Å². The molecule has 2 aliphatic heterocycles. The third kappa shape index (κ3) is 13.0. The molecule has 2 atom stereocenters. The summed E-state index contributed by atoms with van der Waals surface area (Å²) in [6, 6.07) is 28.2. The molecule has 2 heterocycles. The SMILES string of the molecule is CCCCCCN1C(=N)N(CC(=O)Nc2cccc(NC(=O)CN3C[C@H](Cc4ccccc4)N(CCCCCC)C3=N)c2)C[C@@H]1Cc1ccccc1.S.S. The van der Waals surface area contributed by atoms with Gasteiger partial charge in [0, 0.05) is 37.6 Å². The van der Waals surface area contributed by atoms with Crippen molar-refractivity contribution in [2.75, 3.05) is 49.9 Å². The summed E-state index contributed by atoms with van der Waals surface area (Å²) < 4.78 is 0. The molecule has 0 radical (unpaired) electrons. The molecule has 54 heavy (non-hydrogen) atoms. The largest absolute Gasteiger partial charge is 0.338 e. The molecular formula is C42H62N8O2S2. The number of carbonyl (C=O) groups excluding carboxylic acids is 2. The Morgan fingerprint density at radius 3 is 1.39 bits per heavy atom. The van der Waals surface area contributed by atoms with E-state index in [1.807, 2.05) is 64.4 Å². The van der Waals surface area contributed by atoms with Crippen LogP contribution < -0.4 is 10.6 Å². The summed E-state index contributed by atoms with van der Waals surface area (Å²) in [5, 5.41) is 23.9. The zero-order valence-electron chi connectivity index (χ0n) is 32.2. The molecule has 294 valence electrons. The highest BCUT2D eigenvalue weighted by molar-refractivity contribution is 7.59. The molecule has 2 amide bonds. The van der Waals surface area contributed by atoms with Gasteiger partial charge in [-0.3, -0.25) is 20.4 Å². The van der Waals surface area contributed by atoms with Gasteiger partial charge in [0.05, 0.1) is 12.1 Å². The number of rotatable bonds is 20. The topological polar surface area (TPSA) is 119 Å². The lowest BCUT2D eigenvalue weighted by molar-refractivity contribution is -0.117. The average Bonchev–Trinajstić information content (AvgIpc) is 3.58. The summed E-state index contributed by atoms with van der Waals surface area (Å²) in [5.74, 6) is 0.417. The van der Waals surface area contributed by atoms with Gasteiger partial charge in [0.2, 0.25) is 11.8 Å². The second kappa shape index (κ2) is 22.9. The van der Waals surface area contributed by atoms with Crippen LogP contribution in [0.1, 0.15) is 76.3 Å². The van der Waals surface area contributed by atoms with E-state index in [9.17, 15) is 9.59 Å². The number of nitrogens with one attached hydrogen (secondary N) is 4. The van der Waals surface area contributed by atoms with Crippen LogP contribution in [0.15, 0.2) is 84.9 Å². The maximum atomic E-state index is 13.3. The highest BCUT2D eigenvalue weighted by atomic mass is 32.1. The van der Waals surface area contributed by atoms with E-state index < -0.39 is 0 Å². The van der Waals surface area contributed by atoms with Gasteiger partial charge < -0.3 is 30.2 Å². The molecule has 4 N–H and O–H groups in total. The molecule has 2 fully saturated rings. The van der Waals surface area contributed by atoms with Crippen LogP contribution in [-0.4, -0.2) is 94.7 Å². The summed E-state index contributed by atoms with van der Waals surface area (Å²) in [7, 11) is 0. The number of amides is 2. The zero-order valence-corrected chi connectivity index (χ0v) is 34.2. The third-order valence-electron chi connectivity index (χ3n) is 10.1. The molecule has 3 aromatic rings. The molecule has 0 unspecified atom stereocenters. The first-order valence-corrected chi connectivity index (χ1v) is 19.3. The van der Waals surface area contributed by atoms with E-state index in [1.54, 1.807) is 6.07 Å². The van der Waals surface area contributed by atoms with Crippen LogP contribution in [0, 0.1) is 10.8 Å². The van der Waals surface area contributed by atoms with Crippen LogP contribution in [0.4, 0.5) is 11.4 Å². The molecule has 0 saturated carbocycles. The van der Waals surface area contributed by atoms with Crippen molar-refractivity contribution in [1.82, 2.24) is 19.6 Å². The zero-order chi connectivity index (χ0) is 36.7. The van der Waals surface area contributed by atoms with Gasteiger partial charge in [0.25, 0.3) is 0 Å². The van der Waals surface area contributed by atoms with Crippen LogP contribution in [0.3, 0.4) is 0 Å². The van der Waals surface area contributed by atoms with Gasteiger partial charge in [0.15, 0.2) is 11.9 Å². The minimum Gasteiger partial charge on any atom is -0.338 e. The number of hydrogen-bond acceptors (Lipinski definition) is 4. The van der Waals surface area contributed by atoms with Gasteiger partial charge in [-0.15, -0.1) is 0 Å². The highest BCUT2D eigenvalue weighted by Gasteiger charge is 2.36. The Bertz CT molecular complexity index is 1500. The first-order valence-electron chi connectivity index (χ1n) is 19.3. The van der Waals surface area contributed by atoms with Crippen molar-refractivity contribution < 1.29 is 9.59 Å². The van der Waals surface area contributed by atoms with Crippen LogP contribution in [0.5, 0.6) is 0 Å². The summed E-state index contributed by atoms with van der Waals surface area (Å²) >= 11 is 0. The minimum atomic E-state index is -0.200. The van der Waals surface area contributed by atoms with E-state index in [0.717, 1.165) is 51.6 Å². The second-order valence-corrected chi connectivity index (χ2v) is 14.3. The Morgan fingerprint density at radius 1 is 0.593 bits per heavy atom. The molecule has 5 rings (SSSR count). The Balaban J connectivity index is 0.00000392. The maximum Gasteiger partial charge on any atom is 0.244 e. The van der Waals surface area contributed by atoms with Gasteiger partial charge in [-0.1, -0.05) is 119 Å². The van der Waals surface area contributed by atoms with E-state index >= 15 is 0 Å². The number of anilines is 2. The number of hydrogen-bond donors (Lipinski definition) is 4. The Morgan fingerprint density at radius 2 is 1.00 bits per heavy atom. The number of carbonyl (C=O) groups is 2. The fourth-order valence-electron chi connectivity index (χ4n) is 7.41. The average molecular weight is 775 g/mol. The van der Waals surface area contributed by atoms with Gasteiger partial charge in [0.1, 0.15) is 13.1 Å². The minimum absolute atomic E-state index is 0. The predicted octanol–water partition coefficient (Wildman–Crippen LogP) is 7.28. The van der Waals surface area contributed by atoms with Crippen molar-refractivity contribution in [2.45, 2.75) is 90.1 Å². The molecule has 12 heteroatoms. The Hall–Kier alpha value is -4.16. The predicted molar refractivity (Wildman–Crippen MR) is 233 cm³/mol. The lowest BCUT2D eigenvalue weighted by Crippen LogP contribution is -2.39. The van der Waals surface area contributed by atoms with Crippen LogP contribution >= 0.6 is 27.0 Å². The van der Waals surface area contributed by atoms with Gasteiger partial charge in [-0.05, 0) is 55.0 Å². The Labute approximate surface area is 337 Å². The van der Waals surface area contributed by atoms with Crippen molar-refractivity contribution in [3.63, 3.8) is 0 Å². The van der Waals surface area contributed by atoms with Crippen molar-refractivity contribution >= 4 is 62.1 Å². The smallest absolute Gasteiger partial charge is 0.244 e. The molecule has 2 aliphatic rings. The van der Waals surface area contributed by atoms with Gasteiger partial charge >= 0.3 is 0 Å². The van der Waals surface area contributed by atoms with Crippen LogP contribution in [0.25, 0.3) is 0 Å². The molecular weight excluding hydrogens is 713 g/mol. The maximum absolute atomic E-state index is 13.3. The molecule has 0 aliphatic carbocycles. The summed E-state index contributed by atoms with van der Waals surface area (Å²) in [4.78, 5) is 34.7. The fourth-order valence-corrected chi connectivity index (χ4v) is 7.41. The molecule has 0 spiro atoms. The molecule has 3 aromatic carbocycles. The number of guanidine groups is 2. The standard InChI is InChI=1S/C42H58N8O2.2H2S/c1-3-5-7-15-24-49-37(26-33-18-11-9-12-19-33)29-47(41(49)43)31-39(51)45-35-22-17-23-36(28-35)46-40(52)32-48-30-38(27-34-20-13-10-14-21-34)50(42(48)44)25-16-8-6-4-2;;/h9-14,17-23,28,37-38,43-44H,3-8,15-16,24-27,29-32H2,1-2H3,(H,45,51)(H,46,52);2*1H2/t37-,38-;;/m0../s1. The van der Waals surface area contributed by atoms with E-state index in [2.05, 4.69) is 58.5 Å². The van der Waals surface area contributed by atoms with Crippen molar-refractivity contribution in [2.24, 2.45) is 0 Å². The summed E-state index contributed by atoms with van der Waals surface area (Å²) in [6.07, 6.45) is 10.7. The van der Waals surface area contributed by atoms with Crippen molar-refractivity contribution in [3.8, 4) is 0 Å². The van der Waals surface area contributed by atoms with Crippen molar-refractivity contribution in [3.05, 3.63) is 96.1 Å².